The third-order valence-electron chi connectivity index (χ3n) is 2.22. The second kappa shape index (κ2) is 5.39. The van der Waals surface area contributed by atoms with Gasteiger partial charge in [0, 0.05) is 5.56 Å². The summed E-state index contributed by atoms with van der Waals surface area (Å²) >= 11 is 0. The van der Waals surface area contributed by atoms with Crippen molar-refractivity contribution in [3.8, 4) is 5.75 Å². The van der Waals surface area contributed by atoms with Crippen molar-refractivity contribution in [2.24, 2.45) is 0 Å². The van der Waals surface area contributed by atoms with Crippen LogP contribution in [0.15, 0.2) is 24.3 Å². The van der Waals surface area contributed by atoms with Gasteiger partial charge in [-0.25, -0.2) is 0 Å². The first-order valence-electron chi connectivity index (χ1n) is 5.11. The summed E-state index contributed by atoms with van der Waals surface area (Å²) in [4.78, 5) is 10.9. The quantitative estimate of drug-likeness (QED) is 0.809. The Morgan fingerprint density at radius 3 is 2.73 bits per heavy atom. The van der Waals surface area contributed by atoms with Crippen LogP contribution in [-0.2, 0) is 4.79 Å². The van der Waals surface area contributed by atoms with Gasteiger partial charge in [0.25, 0.3) is 0 Å². The lowest BCUT2D eigenvalue weighted by atomic mass is 10.0. The molecule has 0 saturated carbocycles. The average molecular weight is 208 g/mol. The van der Waals surface area contributed by atoms with Gasteiger partial charge in [-0.2, -0.15) is 0 Å². The molecule has 15 heavy (non-hydrogen) atoms. The van der Waals surface area contributed by atoms with Crippen LogP contribution in [0.25, 0.3) is 0 Å². The highest BCUT2D eigenvalue weighted by Crippen LogP contribution is 2.26. The maximum absolute atomic E-state index is 10.9. The van der Waals surface area contributed by atoms with Crippen molar-refractivity contribution in [3.63, 3.8) is 0 Å². The lowest BCUT2D eigenvalue weighted by Gasteiger charge is -2.13. The van der Waals surface area contributed by atoms with Gasteiger partial charge in [-0.1, -0.05) is 25.1 Å². The molecule has 0 aromatic heterocycles. The van der Waals surface area contributed by atoms with Crippen LogP contribution in [0, 0.1) is 0 Å². The number of rotatable bonds is 5. The Labute approximate surface area is 89.7 Å². The molecule has 82 valence electrons. The monoisotopic (exact) mass is 208 g/mol. The van der Waals surface area contributed by atoms with E-state index in [-0.39, 0.29) is 0 Å². The van der Waals surface area contributed by atoms with Gasteiger partial charge in [0.1, 0.15) is 5.75 Å². The van der Waals surface area contributed by atoms with Gasteiger partial charge < -0.3 is 9.84 Å². The molecule has 0 radical (unpaired) electrons. The number of carboxylic acids is 1. The molecule has 1 rings (SSSR count). The minimum Gasteiger partial charge on any atom is -0.493 e. The van der Waals surface area contributed by atoms with E-state index in [4.69, 9.17) is 9.84 Å². The zero-order valence-corrected chi connectivity index (χ0v) is 9.06. The molecule has 0 saturated heterocycles. The molecule has 0 aliphatic heterocycles. The Bertz CT molecular complexity index is 333. The number of carboxylic acid groups (broad SMARTS) is 1. The fourth-order valence-electron chi connectivity index (χ4n) is 1.31. The third kappa shape index (κ3) is 2.98. The first kappa shape index (κ1) is 11.6. The molecule has 3 nitrogen and oxygen atoms in total. The van der Waals surface area contributed by atoms with Gasteiger partial charge in [0.15, 0.2) is 0 Å². The molecular weight excluding hydrogens is 192 g/mol. The van der Waals surface area contributed by atoms with Crippen molar-refractivity contribution in [1.29, 1.82) is 0 Å². The van der Waals surface area contributed by atoms with Crippen LogP contribution in [0.1, 0.15) is 31.7 Å². The Balaban J connectivity index is 2.90. The molecule has 1 N–H and O–H groups in total. The van der Waals surface area contributed by atoms with Crippen LogP contribution in [0.2, 0.25) is 0 Å². The minimum absolute atomic E-state index is 0.530. The average Bonchev–Trinajstić information content (AvgIpc) is 2.25. The Morgan fingerprint density at radius 2 is 2.13 bits per heavy atom. The maximum atomic E-state index is 10.9. The van der Waals surface area contributed by atoms with E-state index in [1.54, 1.807) is 13.0 Å². The summed E-state index contributed by atoms with van der Waals surface area (Å²) in [6, 6.07) is 7.28. The number of carbonyl (C=O) groups is 1. The van der Waals surface area contributed by atoms with Crippen LogP contribution >= 0.6 is 0 Å². The van der Waals surface area contributed by atoms with Gasteiger partial charge >= 0.3 is 5.97 Å². The van der Waals surface area contributed by atoms with Crippen molar-refractivity contribution >= 4 is 5.97 Å². The van der Waals surface area contributed by atoms with E-state index >= 15 is 0 Å². The lowest BCUT2D eigenvalue weighted by Crippen LogP contribution is -2.09. The molecule has 0 aliphatic carbocycles. The van der Waals surface area contributed by atoms with E-state index in [0.29, 0.717) is 12.4 Å². The van der Waals surface area contributed by atoms with Crippen molar-refractivity contribution in [2.75, 3.05) is 6.61 Å². The lowest BCUT2D eigenvalue weighted by molar-refractivity contribution is -0.138. The molecule has 0 bridgehead atoms. The molecule has 0 spiro atoms. The molecule has 3 heteroatoms. The van der Waals surface area contributed by atoms with Crippen LogP contribution in [0.3, 0.4) is 0 Å². The van der Waals surface area contributed by atoms with Crippen LogP contribution < -0.4 is 4.74 Å². The van der Waals surface area contributed by atoms with Crippen molar-refractivity contribution in [3.05, 3.63) is 29.8 Å². The number of aliphatic carboxylic acids is 1. The predicted molar refractivity (Wildman–Crippen MR) is 58.3 cm³/mol. The molecule has 1 unspecified atom stereocenters. The number of benzene rings is 1. The predicted octanol–water partition coefficient (Wildman–Crippen LogP) is 2.66. The summed E-state index contributed by atoms with van der Waals surface area (Å²) in [5.41, 5.74) is 0.735. The molecular formula is C12H16O3. The van der Waals surface area contributed by atoms with Gasteiger partial charge in [-0.15, -0.1) is 0 Å². The maximum Gasteiger partial charge on any atom is 0.310 e. The number of hydrogen-bond acceptors (Lipinski definition) is 2. The molecule has 1 aromatic rings. The standard InChI is InChI=1S/C12H16O3/c1-3-8-15-11-7-5-4-6-10(11)9(2)12(13)14/h4-7,9H,3,8H2,1-2H3,(H,13,14). The second-order valence-corrected chi connectivity index (χ2v) is 3.45. The third-order valence-corrected chi connectivity index (χ3v) is 2.22. The van der Waals surface area contributed by atoms with Crippen LogP contribution in [-0.4, -0.2) is 17.7 Å². The normalized spacial score (nSPS) is 12.1. The molecule has 1 atom stereocenters. The summed E-state index contributed by atoms with van der Waals surface area (Å²) in [6.07, 6.45) is 0.912. The summed E-state index contributed by atoms with van der Waals surface area (Å²) in [5, 5.41) is 8.93. The van der Waals surface area contributed by atoms with Crippen LogP contribution in [0.5, 0.6) is 5.75 Å². The molecule has 0 heterocycles. The first-order chi connectivity index (χ1) is 7.16. The summed E-state index contributed by atoms with van der Waals surface area (Å²) < 4.78 is 5.49. The van der Waals surface area contributed by atoms with Crippen molar-refractivity contribution in [2.45, 2.75) is 26.2 Å². The van der Waals surface area contributed by atoms with E-state index in [2.05, 4.69) is 0 Å². The second-order valence-electron chi connectivity index (χ2n) is 3.45. The van der Waals surface area contributed by atoms with Gasteiger partial charge in [0.05, 0.1) is 12.5 Å². The van der Waals surface area contributed by atoms with Crippen molar-refractivity contribution in [1.82, 2.24) is 0 Å². The zero-order chi connectivity index (χ0) is 11.3. The fourth-order valence-corrected chi connectivity index (χ4v) is 1.31. The topological polar surface area (TPSA) is 46.5 Å². The molecule has 0 fully saturated rings. The highest BCUT2D eigenvalue weighted by Gasteiger charge is 2.17. The Morgan fingerprint density at radius 1 is 1.47 bits per heavy atom. The highest BCUT2D eigenvalue weighted by atomic mass is 16.5. The first-order valence-corrected chi connectivity index (χ1v) is 5.11. The largest absolute Gasteiger partial charge is 0.493 e. The van der Waals surface area contributed by atoms with E-state index in [0.717, 1.165) is 12.0 Å². The Hall–Kier alpha value is -1.51. The number of para-hydroxylation sites is 1. The number of hydrogen-bond donors (Lipinski definition) is 1. The van der Waals surface area contributed by atoms with Gasteiger partial charge in [0.2, 0.25) is 0 Å². The van der Waals surface area contributed by atoms with Crippen molar-refractivity contribution < 1.29 is 14.6 Å². The summed E-state index contributed by atoms with van der Waals surface area (Å²) in [6.45, 7) is 4.29. The summed E-state index contributed by atoms with van der Waals surface area (Å²) in [5.74, 6) is -0.685. The van der Waals surface area contributed by atoms with E-state index in [1.165, 1.54) is 0 Å². The van der Waals surface area contributed by atoms with E-state index in [9.17, 15) is 4.79 Å². The SMILES string of the molecule is CCCOc1ccccc1C(C)C(=O)O. The van der Waals surface area contributed by atoms with E-state index in [1.807, 2.05) is 25.1 Å². The van der Waals surface area contributed by atoms with E-state index < -0.39 is 11.9 Å². The smallest absolute Gasteiger partial charge is 0.310 e. The molecule has 0 aliphatic rings. The summed E-state index contributed by atoms with van der Waals surface area (Å²) in [7, 11) is 0. The molecule has 1 aromatic carbocycles. The van der Waals surface area contributed by atoms with Gasteiger partial charge in [-0.3, -0.25) is 4.79 Å². The fraction of sp³-hybridized carbons (Fsp3) is 0.417. The zero-order valence-electron chi connectivity index (χ0n) is 9.06. The minimum atomic E-state index is -0.831. The molecule has 0 amide bonds. The van der Waals surface area contributed by atoms with Gasteiger partial charge in [-0.05, 0) is 19.4 Å². The highest BCUT2D eigenvalue weighted by molar-refractivity contribution is 5.76. The van der Waals surface area contributed by atoms with Crippen LogP contribution in [0.4, 0.5) is 0 Å². The Kier molecular flexibility index (Phi) is 4.16. The number of ether oxygens (including phenoxy) is 1.